The second-order valence-corrected chi connectivity index (χ2v) is 5.26. The van der Waals surface area contributed by atoms with Gasteiger partial charge in [0.15, 0.2) is 10.9 Å². The molecule has 5 nitrogen and oxygen atoms in total. The molecule has 108 valence electrons. The van der Waals surface area contributed by atoms with Gasteiger partial charge in [-0.15, -0.1) is 0 Å². The highest BCUT2D eigenvalue weighted by Crippen LogP contribution is 2.31. The zero-order valence-corrected chi connectivity index (χ0v) is 12.5. The van der Waals surface area contributed by atoms with Gasteiger partial charge < -0.3 is 9.53 Å². The maximum atomic E-state index is 11.0. The molecule has 0 unspecified atom stereocenters. The van der Waals surface area contributed by atoms with Crippen LogP contribution in [0.15, 0.2) is 29.3 Å². The Kier molecular flexibility index (Phi) is 5.68. The molecule has 0 bridgehead atoms. The van der Waals surface area contributed by atoms with Crippen LogP contribution >= 0.6 is 36.1 Å². The molecule has 20 heavy (non-hydrogen) atoms. The number of aldehydes is 1. The van der Waals surface area contributed by atoms with Crippen LogP contribution in [0, 0.1) is 0 Å². The van der Waals surface area contributed by atoms with Crippen molar-refractivity contribution in [1.29, 1.82) is 0 Å². The number of thiol groups is 1. The normalized spacial score (nSPS) is 21.7. The van der Waals surface area contributed by atoms with Crippen LogP contribution in [0.1, 0.15) is 17.2 Å². The lowest BCUT2D eigenvalue weighted by Gasteiger charge is -2.15. The lowest BCUT2D eigenvalue weighted by molar-refractivity contribution is -0.199. The van der Waals surface area contributed by atoms with E-state index >= 15 is 0 Å². The average Bonchev–Trinajstić information content (AvgIpc) is 2.90. The van der Waals surface area contributed by atoms with E-state index in [9.17, 15) is 4.79 Å². The predicted octanol–water partition coefficient (Wildman–Crippen LogP) is 2.82. The first-order valence-electron chi connectivity index (χ1n) is 5.65. The first-order valence-corrected chi connectivity index (χ1v) is 6.89. The van der Waals surface area contributed by atoms with E-state index in [2.05, 4.69) is 22.2 Å². The molecule has 1 aliphatic rings. The van der Waals surface area contributed by atoms with Gasteiger partial charge in [-0.2, -0.15) is 4.33 Å². The molecule has 0 amide bonds. The predicted molar refractivity (Wildman–Crippen MR) is 77.9 cm³/mol. The average molecular weight is 336 g/mol. The summed E-state index contributed by atoms with van der Waals surface area (Å²) in [5.74, 6) is 0.159. The highest BCUT2D eigenvalue weighted by atomic mass is 35.5. The summed E-state index contributed by atoms with van der Waals surface area (Å²) in [7, 11) is 0. The van der Waals surface area contributed by atoms with Gasteiger partial charge in [0, 0.05) is 12.9 Å². The minimum Gasteiger partial charge on any atom is -0.468 e. The first kappa shape index (κ1) is 15.6. The van der Waals surface area contributed by atoms with Gasteiger partial charge in [-0.3, -0.25) is 0 Å². The molecule has 1 aliphatic heterocycles. The van der Waals surface area contributed by atoms with Gasteiger partial charge >= 0.3 is 0 Å². The summed E-state index contributed by atoms with van der Waals surface area (Å²) >= 11 is 14.9. The molecule has 1 aromatic carbocycles. The van der Waals surface area contributed by atoms with E-state index in [4.69, 9.17) is 32.8 Å². The van der Waals surface area contributed by atoms with Crippen molar-refractivity contribution in [1.82, 2.24) is 0 Å². The molecule has 0 radical (unpaired) electrons. The molecule has 1 heterocycles. The number of hydrogen-bond donors (Lipinski definition) is 1. The largest absolute Gasteiger partial charge is 0.468 e. The Morgan fingerprint density at radius 3 is 2.65 bits per heavy atom. The van der Waals surface area contributed by atoms with E-state index in [-0.39, 0.29) is 12.5 Å². The zero-order valence-electron chi connectivity index (χ0n) is 10.1. The van der Waals surface area contributed by atoms with Crippen molar-refractivity contribution in [2.24, 2.45) is 4.99 Å². The van der Waals surface area contributed by atoms with Crippen LogP contribution in [0.25, 0.3) is 0 Å². The molecule has 0 N–H and O–H groups in total. The molecule has 0 aromatic heterocycles. The fourth-order valence-electron chi connectivity index (χ4n) is 1.82. The van der Waals surface area contributed by atoms with E-state index in [0.29, 0.717) is 6.29 Å². The summed E-state index contributed by atoms with van der Waals surface area (Å²) in [5.41, 5.74) is 1.68. The number of aliphatic imine (C=N–C) groups is 1. The quantitative estimate of drug-likeness (QED) is 0.217. The number of nitrogens with zero attached hydrogens (tertiary/aromatic N) is 1. The first-order chi connectivity index (χ1) is 9.65. The Morgan fingerprint density at radius 2 is 2.10 bits per heavy atom. The van der Waals surface area contributed by atoms with Gasteiger partial charge in [-0.1, -0.05) is 47.5 Å². The lowest BCUT2D eigenvalue weighted by atomic mass is 10.0. The zero-order chi connectivity index (χ0) is 14.5. The van der Waals surface area contributed by atoms with Crippen LogP contribution in [-0.4, -0.2) is 23.1 Å². The number of alkyl halides is 2. The minimum absolute atomic E-state index is 0.159. The van der Waals surface area contributed by atoms with Gasteiger partial charge in [0.2, 0.25) is 5.90 Å². The van der Waals surface area contributed by atoms with Crippen molar-refractivity contribution >= 4 is 48.3 Å². The van der Waals surface area contributed by atoms with Crippen LogP contribution in [0.5, 0.6) is 0 Å². The smallest absolute Gasteiger partial charge is 0.219 e. The summed E-state index contributed by atoms with van der Waals surface area (Å²) in [6.07, 6.45) is 0.193. The fraction of sp³-hybridized carbons (Fsp3) is 0.333. The highest BCUT2D eigenvalue weighted by Gasteiger charge is 2.34. The molecule has 0 fully saturated rings. The standard InChI is InChI=1S/C12H11Cl2NO4S/c13-11(14)12-15-9(5-16)10(18-12)8-3-1-7(2-4-8)6-17-19-20/h1-5,9-11,20H,6H2/t9-,10-/m1/s1. The SMILES string of the molecule is O=C[C@H]1N=C(C(Cl)Cl)O[C@@H]1c1ccc(COOS)cc1. The monoisotopic (exact) mass is 335 g/mol. The van der Waals surface area contributed by atoms with Crippen molar-refractivity contribution in [2.75, 3.05) is 0 Å². The minimum atomic E-state index is -0.886. The Hall–Kier alpha value is -0.790. The molecule has 2 rings (SSSR count). The van der Waals surface area contributed by atoms with Crippen molar-refractivity contribution < 1.29 is 18.8 Å². The maximum Gasteiger partial charge on any atom is 0.219 e. The molecular weight excluding hydrogens is 325 g/mol. The summed E-state index contributed by atoms with van der Waals surface area (Å²) in [6.45, 7) is 0.263. The van der Waals surface area contributed by atoms with Crippen LogP contribution < -0.4 is 0 Å². The lowest BCUT2D eigenvalue weighted by Crippen LogP contribution is -2.16. The number of hydrogen-bond acceptors (Lipinski definition) is 6. The van der Waals surface area contributed by atoms with E-state index < -0.39 is 17.0 Å². The third kappa shape index (κ3) is 3.65. The van der Waals surface area contributed by atoms with Crippen molar-refractivity contribution in [3.05, 3.63) is 35.4 Å². The van der Waals surface area contributed by atoms with E-state index in [1.165, 1.54) is 0 Å². The molecule has 8 heteroatoms. The molecule has 0 saturated heterocycles. The maximum absolute atomic E-state index is 11.0. The number of ether oxygens (including phenoxy) is 1. The summed E-state index contributed by atoms with van der Waals surface area (Å²) in [4.78, 5) is 18.9. The third-order valence-electron chi connectivity index (χ3n) is 2.75. The van der Waals surface area contributed by atoms with Crippen LogP contribution in [-0.2, 0) is 25.4 Å². The van der Waals surface area contributed by atoms with Gasteiger partial charge in [-0.25, -0.2) is 9.88 Å². The third-order valence-corrected chi connectivity index (χ3v) is 3.23. The molecule has 2 atom stereocenters. The van der Waals surface area contributed by atoms with Crippen LogP contribution in [0.2, 0.25) is 0 Å². The Morgan fingerprint density at radius 1 is 1.40 bits per heavy atom. The molecule has 0 spiro atoms. The molecule has 0 saturated carbocycles. The fourth-order valence-corrected chi connectivity index (χ4v) is 2.09. The summed E-state index contributed by atoms with van der Waals surface area (Å²) < 4.78 is 9.75. The number of carbonyl (C=O) groups excluding carboxylic acids is 1. The number of halogens is 2. The summed E-state index contributed by atoms with van der Waals surface area (Å²) in [5, 5.41) is 0. The van der Waals surface area contributed by atoms with Crippen LogP contribution in [0.4, 0.5) is 0 Å². The Labute approximate surface area is 131 Å². The van der Waals surface area contributed by atoms with E-state index in [1.54, 1.807) is 0 Å². The number of rotatable bonds is 6. The van der Waals surface area contributed by atoms with Crippen molar-refractivity contribution in [3.8, 4) is 0 Å². The Balaban J connectivity index is 2.10. The van der Waals surface area contributed by atoms with E-state index in [1.807, 2.05) is 24.3 Å². The van der Waals surface area contributed by atoms with Crippen molar-refractivity contribution in [2.45, 2.75) is 23.6 Å². The molecule has 1 aromatic rings. The van der Waals surface area contributed by atoms with Gasteiger partial charge in [0.25, 0.3) is 0 Å². The summed E-state index contributed by atoms with van der Waals surface area (Å²) in [6, 6.07) is 6.63. The molecule has 0 aliphatic carbocycles. The van der Waals surface area contributed by atoms with Gasteiger partial charge in [-0.05, 0) is 11.1 Å². The Bertz CT molecular complexity index is 495. The second kappa shape index (κ2) is 7.28. The highest BCUT2D eigenvalue weighted by molar-refractivity contribution is 7.74. The number of carbonyl (C=O) groups is 1. The number of benzene rings is 1. The second-order valence-electron chi connectivity index (χ2n) is 4.01. The van der Waals surface area contributed by atoms with Gasteiger partial charge in [0.1, 0.15) is 18.9 Å². The molecular formula is C12H11Cl2NO4S. The van der Waals surface area contributed by atoms with Crippen molar-refractivity contribution in [3.63, 3.8) is 0 Å². The van der Waals surface area contributed by atoms with Crippen LogP contribution in [0.3, 0.4) is 0 Å². The van der Waals surface area contributed by atoms with Gasteiger partial charge in [0.05, 0.1) is 0 Å². The topological polar surface area (TPSA) is 57.1 Å². The van der Waals surface area contributed by atoms with E-state index in [0.717, 1.165) is 11.1 Å².